The fourth-order valence-electron chi connectivity index (χ4n) is 4.18. The third-order valence-electron chi connectivity index (χ3n) is 6.33. The topological polar surface area (TPSA) is 76.5 Å². The van der Waals surface area contributed by atoms with E-state index in [0.29, 0.717) is 5.82 Å². The van der Waals surface area contributed by atoms with Crippen LogP contribution < -0.4 is 10.1 Å². The van der Waals surface area contributed by atoms with Crippen LogP contribution in [-0.4, -0.2) is 46.2 Å². The fraction of sp³-hybridized carbons (Fsp3) is 0.414. The average molecular weight is 491 g/mol. The van der Waals surface area contributed by atoms with Gasteiger partial charge in [-0.25, -0.2) is 4.68 Å². The Bertz CT molecular complexity index is 1120. The van der Waals surface area contributed by atoms with Gasteiger partial charge in [0, 0.05) is 23.6 Å². The third kappa shape index (κ3) is 6.74. The Morgan fingerprint density at radius 3 is 2.33 bits per heavy atom. The number of ether oxygens (including phenoxy) is 1. The molecule has 0 fully saturated rings. The van der Waals surface area contributed by atoms with Crippen molar-refractivity contribution < 1.29 is 14.3 Å². The Morgan fingerprint density at radius 2 is 1.75 bits per heavy atom. The van der Waals surface area contributed by atoms with E-state index < -0.39 is 0 Å². The predicted molar refractivity (Wildman–Crippen MR) is 144 cm³/mol. The monoisotopic (exact) mass is 490 g/mol. The average Bonchev–Trinajstić information content (AvgIpc) is 3.31. The number of nitrogens with one attached hydrogen (secondary N) is 1. The van der Waals surface area contributed by atoms with Crippen LogP contribution in [0.2, 0.25) is 0 Å². The maximum absolute atomic E-state index is 13.3. The van der Waals surface area contributed by atoms with Crippen molar-refractivity contribution in [3.8, 4) is 22.7 Å². The van der Waals surface area contributed by atoms with Crippen LogP contribution >= 0.6 is 0 Å². The lowest BCUT2D eigenvalue weighted by molar-refractivity contribution is -0.140. The van der Waals surface area contributed by atoms with Crippen LogP contribution in [-0.2, 0) is 9.59 Å². The second-order valence-electron chi connectivity index (χ2n) is 9.25. The first-order valence-corrected chi connectivity index (χ1v) is 12.8. The second kappa shape index (κ2) is 12.9. The summed E-state index contributed by atoms with van der Waals surface area (Å²) in [4.78, 5) is 28.2. The molecule has 0 saturated heterocycles. The first-order chi connectivity index (χ1) is 17.4. The summed E-state index contributed by atoms with van der Waals surface area (Å²) in [6, 6.07) is 19.1. The van der Waals surface area contributed by atoms with Gasteiger partial charge in [-0.2, -0.15) is 5.10 Å². The SMILES string of the molecule is CCCCC(CC)C(=O)N(CC(=O)Nc1cc(-c2ccccc2)nn1-c1ccc(OC)cc1)C(C)C. The number of benzene rings is 2. The molecule has 1 atom stereocenters. The molecule has 1 heterocycles. The van der Waals surface area contributed by atoms with E-state index in [1.165, 1.54) is 0 Å². The van der Waals surface area contributed by atoms with Gasteiger partial charge in [0.15, 0.2) is 0 Å². The first kappa shape index (κ1) is 27.0. The van der Waals surface area contributed by atoms with Crippen LogP contribution in [0, 0.1) is 5.92 Å². The predicted octanol–water partition coefficient (Wildman–Crippen LogP) is 5.94. The molecule has 0 radical (unpaired) electrons. The Kier molecular flexibility index (Phi) is 9.68. The normalized spacial score (nSPS) is 11.8. The van der Waals surface area contributed by atoms with Gasteiger partial charge in [-0.3, -0.25) is 9.59 Å². The highest BCUT2D eigenvalue weighted by atomic mass is 16.5. The number of hydrogen-bond acceptors (Lipinski definition) is 4. The molecule has 0 aliphatic rings. The molecule has 192 valence electrons. The lowest BCUT2D eigenvalue weighted by atomic mass is 9.97. The summed E-state index contributed by atoms with van der Waals surface area (Å²) in [5, 5.41) is 7.77. The molecule has 36 heavy (non-hydrogen) atoms. The molecule has 3 aromatic rings. The van der Waals surface area contributed by atoms with E-state index in [9.17, 15) is 9.59 Å². The lowest BCUT2D eigenvalue weighted by Crippen LogP contribution is -2.45. The molecule has 0 bridgehead atoms. The first-order valence-electron chi connectivity index (χ1n) is 12.8. The highest BCUT2D eigenvalue weighted by Gasteiger charge is 2.27. The molecule has 7 heteroatoms. The van der Waals surface area contributed by atoms with E-state index in [-0.39, 0.29) is 30.3 Å². The number of aromatic nitrogens is 2. The van der Waals surface area contributed by atoms with Crippen molar-refractivity contribution in [2.45, 2.75) is 59.4 Å². The van der Waals surface area contributed by atoms with Crippen LogP contribution in [0.15, 0.2) is 60.7 Å². The van der Waals surface area contributed by atoms with Gasteiger partial charge < -0.3 is 15.0 Å². The number of carbonyl (C=O) groups excluding carboxylic acids is 2. The van der Waals surface area contributed by atoms with Gasteiger partial charge in [0.25, 0.3) is 0 Å². The number of methoxy groups -OCH3 is 1. The van der Waals surface area contributed by atoms with Gasteiger partial charge in [-0.15, -0.1) is 0 Å². The van der Waals surface area contributed by atoms with Crippen LogP contribution in [0.25, 0.3) is 16.9 Å². The summed E-state index contributed by atoms with van der Waals surface area (Å²) in [6.45, 7) is 8.06. The number of carbonyl (C=O) groups is 2. The minimum Gasteiger partial charge on any atom is -0.497 e. The number of nitrogens with zero attached hydrogens (tertiary/aromatic N) is 3. The number of anilines is 1. The molecular formula is C29H38N4O3. The van der Waals surface area contributed by atoms with E-state index in [0.717, 1.165) is 48.4 Å². The van der Waals surface area contributed by atoms with Gasteiger partial charge in [0.05, 0.1) is 18.5 Å². The molecule has 7 nitrogen and oxygen atoms in total. The Labute approximate surface area is 214 Å². The quantitative estimate of drug-likeness (QED) is 0.341. The fourth-order valence-corrected chi connectivity index (χ4v) is 4.18. The number of rotatable bonds is 12. The molecule has 3 rings (SSSR count). The number of amides is 2. The smallest absolute Gasteiger partial charge is 0.245 e. The largest absolute Gasteiger partial charge is 0.497 e. The molecule has 0 aliphatic carbocycles. The van der Waals surface area contributed by atoms with Crippen molar-refractivity contribution in [2.75, 3.05) is 19.0 Å². The molecular weight excluding hydrogens is 452 g/mol. The zero-order valence-corrected chi connectivity index (χ0v) is 22.0. The Balaban J connectivity index is 1.86. The molecule has 0 saturated carbocycles. The van der Waals surface area contributed by atoms with Crippen LogP contribution in [0.5, 0.6) is 5.75 Å². The van der Waals surface area contributed by atoms with Gasteiger partial charge in [0.2, 0.25) is 11.8 Å². The molecule has 1 N–H and O–H groups in total. The number of unbranched alkanes of at least 4 members (excludes halogenated alkanes) is 1. The summed E-state index contributed by atoms with van der Waals surface area (Å²) in [7, 11) is 1.62. The highest BCUT2D eigenvalue weighted by molar-refractivity contribution is 5.95. The van der Waals surface area contributed by atoms with Crippen molar-refractivity contribution in [3.05, 3.63) is 60.7 Å². The third-order valence-corrected chi connectivity index (χ3v) is 6.33. The van der Waals surface area contributed by atoms with E-state index in [1.54, 1.807) is 16.7 Å². The zero-order valence-electron chi connectivity index (χ0n) is 22.0. The van der Waals surface area contributed by atoms with Crippen molar-refractivity contribution in [3.63, 3.8) is 0 Å². The van der Waals surface area contributed by atoms with Crippen molar-refractivity contribution in [1.82, 2.24) is 14.7 Å². The van der Waals surface area contributed by atoms with Gasteiger partial charge in [0.1, 0.15) is 18.1 Å². The number of hydrogen-bond donors (Lipinski definition) is 1. The summed E-state index contributed by atoms with van der Waals surface area (Å²) in [5.74, 6) is 1.01. The van der Waals surface area contributed by atoms with Gasteiger partial charge >= 0.3 is 0 Å². The molecule has 1 unspecified atom stereocenters. The van der Waals surface area contributed by atoms with Crippen molar-refractivity contribution >= 4 is 17.6 Å². The molecule has 1 aromatic heterocycles. The minimum absolute atomic E-state index is 0.00636. The summed E-state index contributed by atoms with van der Waals surface area (Å²) >= 11 is 0. The van der Waals surface area contributed by atoms with Crippen LogP contribution in [0.3, 0.4) is 0 Å². The van der Waals surface area contributed by atoms with E-state index in [4.69, 9.17) is 9.84 Å². The molecule has 2 amide bonds. The van der Waals surface area contributed by atoms with E-state index >= 15 is 0 Å². The Hall–Kier alpha value is -3.61. The maximum Gasteiger partial charge on any atom is 0.245 e. The van der Waals surface area contributed by atoms with Gasteiger partial charge in [-0.05, 0) is 51.0 Å². The maximum atomic E-state index is 13.3. The van der Waals surface area contributed by atoms with Crippen molar-refractivity contribution in [2.24, 2.45) is 5.92 Å². The van der Waals surface area contributed by atoms with E-state index in [2.05, 4.69) is 12.2 Å². The molecule has 0 aliphatic heterocycles. The summed E-state index contributed by atoms with van der Waals surface area (Å²) in [5.41, 5.74) is 2.47. The summed E-state index contributed by atoms with van der Waals surface area (Å²) in [6.07, 6.45) is 3.67. The highest BCUT2D eigenvalue weighted by Crippen LogP contribution is 2.26. The minimum atomic E-state index is -0.253. The molecule has 0 spiro atoms. The molecule has 2 aromatic carbocycles. The lowest BCUT2D eigenvalue weighted by Gasteiger charge is -2.30. The Morgan fingerprint density at radius 1 is 1.06 bits per heavy atom. The van der Waals surface area contributed by atoms with Gasteiger partial charge in [-0.1, -0.05) is 57.0 Å². The van der Waals surface area contributed by atoms with Crippen LogP contribution in [0.1, 0.15) is 53.4 Å². The van der Waals surface area contributed by atoms with Crippen molar-refractivity contribution in [1.29, 1.82) is 0 Å². The standard InChI is InChI=1S/C29H38N4O3/c1-6-8-12-22(7-2)29(35)32(21(3)4)20-28(34)30-27-19-26(23-13-10-9-11-14-23)31-33(27)24-15-17-25(36-5)18-16-24/h9-11,13-19,21-22H,6-8,12,20H2,1-5H3,(H,30,34). The zero-order chi connectivity index (χ0) is 26.1. The second-order valence-corrected chi connectivity index (χ2v) is 9.25. The summed E-state index contributed by atoms with van der Waals surface area (Å²) < 4.78 is 6.98. The van der Waals surface area contributed by atoms with E-state index in [1.807, 2.05) is 81.4 Å². The van der Waals surface area contributed by atoms with Crippen LogP contribution in [0.4, 0.5) is 5.82 Å².